The van der Waals surface area contributed by atoms with Gasteiger partial charge in [0.05, 0.1) is 16.6 Å². The van der Waals surface area contributed by atoms with Crippen LogP contribution in [0.5, 0.6) is 0 Å². The number of furan rings is 2. The lowest BCUT2D eigenvalue weighted by Crippen LogP contribution is -1.82. The van der Waals surface area contributed by atoms with E-state index in [9.17, 15) is 0 Å². The van der Waals surface area contributed by atoms with Crippen LogP contribution in [0.2, 0.25) is 0 Å². The van der Waals surface area contributed by atoms with Gasteiger partial charge in [-0.15, -0.1) is 0 Å². The highest BCUT2D eigenvalue weighted by atomic mass is 16.3. The lowest BCUT2D eigenvalue weighted by atomic mass is 9.95. The SMILES string of the molecule is c1ccc2c(c1)ccc1cc(-c3cc4c5ccc6c7ccccc7oc6c5n5c4c(c3)c3ccc4c6ccccc6oc4c35)ccc12. The highest BCUT2D eigenvalue weighted by molar-refractivity contribution is 6.32. The summed E-state index contributed by atoms with van der Waals surface area (Å²) in [6.07, 6.45) is 0. The number of rotatable bonds is 1. The van der Waals surface area contributed by atoms with Crippen LogP contribution in [0.3, 0.4) is 0 Å². The summed E-state index contributed by atoms with van der Waals surface area (Å²) in [7, 11) is 0. The smallest absolute Gasteiger partial charge is 0.160 e. The van der Waals surface area contributed by atoms with Gasteiger partial charge in [-0.1, -0.05) is 97.1 Å². The van der Waals surface area contributed by atoms with Crippen molar-refractivity contribution in [2.75, 3.05) is 0 Å². The summed E-state index contributed by atoms with van der Waals surface area (Å²) in [6.45, 7) is 0. The minimum atomic E-state index is 0.901. The number of aromatic nitrogens is 1. The number of fused-ring (bicyclic) bond motifs is 17. The van der Waals surface area contributed by atoms with Gasteiger partial charge in [0.15, 0.2) is 11.2 Å². The number of nitrogens with zero attached hydrogens (tertiary/aromatic N) is 1. The molecule has 3 nitrogen and oxygen atoms in total. The highest BCUT2D eigenvalue weighted by Crippen LogP contribution is 2.47. The van der Waals surface area contributed by atoms with Crippen molar-refractivity contribution in [1.82, 2.24) is 4.40 Å². The third-order valence-electron chi connectivity index (χ3n) is 10.5. The highest BCUT2D eigenvalue weighted by Gasteiger charge is 2.25. The first-order valence-electron chi connectivity index (χ1n) is 16.1. The molecule has 0 fully saturated rings. The predicted molar refractivity (Wildman–Crippen MR) is 196 cm³/mol. The van der Waals surface area contributed by atoms with E-state index >= 15 is 0 Å². The normalized spacial score (nSPS) is 12.7. The van der Waals surface area contributed by atoms with Crippen LogP contribution in [0.25, 0.3) is 115 Å². The van der Waals surface area contributed by atoms with Crippen LogP contribution in [0.4, 0.5) is 0 Å². The third-order valence-corrected chi connectivity index (χ3v) is 10.5. The van der Waals surface area contributed by atoms with Gasteiger partial charge >= 0.3 is 0 Å². The van der Waals surface area contributed by atoms with Crippen molar-refractivity contribution in [1.29, 1.82) is 0 Å². The van der Waals surface area contributed by atoms with Crippen LogP contribution in [-0.4, -0.2) is 4.40 Å². The van der Waals surface area contributed by atoms with Gasteiger partial charge in [-0.25, -0.2) is 0 Å². The van der Waals surface area contributed by atoms with Crippen molar-refractivity contribution in [2.45, 2.75) is 0 Å². The van der Waals surface area contributed by atoms with Crippen LogP contribution in [0, 0.1) is 0 Å². The summed E-state index contributed by atoms with van der Waals surface area (Å²) in [5.74, 6) is 0. The molecule has 3 heteroatoms. The first-order chi connectivity index (χ1) is 23.3. The van der Waals surface area contributed by atoms with E-state index in [1.807, 2.05) is 12.1 Å². The Morgan fingerprint density at radius 3 is 1.49 bits per heavy atom. The summed E-state index contributed by atoms with van der Waals surface area (Å²) < 4.78 is 15.8. The molecule has 4 heterocycles. The molecule has 0 aliphatic rings. The maximum atomic E-state index is 6.69. The van der Waals surface area contributed by atoms with Gasteiger partial charge in [-0.3, -0.25) is 0 Å². The topological polar surface area (TPSA) is 30.7 Å². The molecular weight excluding hydrogens is 574 g/mol. The fourth-order valence-corrected chi connectivity index (χ4v) is 8.41. The van der Waals surface area contributed by atoms with Crippen molar-refractivity contribution < 1.29 is 8.83 Å². The van der Waals surface area contributed by atoms with Gasteiger partial charge in [-0.2, -0.15) is 0 Å². The molecule has 0 saturated carbocycles. The Morgan fingerprint density at radius 2 is 0.830 bits per heavy atom. The lowest BCUT2D eigenvalue weighted by Gasteiger charge is -2.08. The summed E-state index contributed by atoms with van der Waals surface area (Å²) in [5.41, 5.74) is 9.39. The second kappa shape index (κ2) is 8.28. The molecule has 0 atom stereocenters. The second-order valence-corrected chi connectivity index (χ2v) is 12.9. The van der Waals surface area contributed by atoms with Gasteiger partial charge in [0.1, 0.15) is 11.2 Å². The van der Waals surface area contributed by atoms with Gasteiger partial charge < -0.3 is 13.2 Å². The monoisotopic (exact) mass is 597 g/mol. The van der Waals surface area contributed by atoms with Crippen LogP contribution in [0.1, 0.15) is 0 Å². The Balaban J connectivity index is 1.27. The molecule has 0 radical (unpaired) electrons. The molecule has 0 aliphatic heterocycles. The first-order valence-corrected chi connectivity index (χ1v) is 16.1. The number of hydrogen-bond donors (Lipinski definition) is 0. The van der Waals surface area contributed by atoms with Gasteiger partial charge in [0.25, 0.3) is 0 Å². The second-order valence-electron chi connectivity index (χ2n) is 12.9. The predicted octanol–water partition coefficient (Wildman–Crippen LogP) is 12.6. The van der Waals surface area contributed by atoms with E-state index in [0.717, 1.165) is 54.9 Å². The molecule has 47 heavy (non-hydrogen) atoms. The van der Waals surface area contributed by atoms with E-state index in [-0.39, 0.29) is 0 Å². The fourth-order valence-electron chi connectivity index (χ4n) is 8.41. The molecule has 4 aromatic heterocycles. The minimum absolute atomic E-state index is 0.901. The molecule has 12 aromatic rings. The summed E-state index contributed by atoms with van der Waals surface area (Å²) in [6, 6.07) is 50.4. The van der Waals surface area contributed by atoms with Gasteiger partial charge in [0, 0.05) is 43.1 Å². The zero-order chi connectivity index (χ0) is 30.4. The summed E-state index contributed by atoms with van der Waals surface area (Å²) >= 11 is 0. The van der Waals surface area contributed by atoms with Crippen molar-refractivity contribution >= 4 is 104 Å². The molecule has 0 spiro atoms. The van der Waals surface area contributed by atoms with E-state index in [1.54, 1.807) is 0 Å². The maximum Gasteiger partial charge on any atom is 0.160 e. The van der Waals surface area contributed by atoms with E-state index in [1.165, 1.54) is 59.7 Å². The van der Waals surface area contributed by atoms with Crippen molar-refractivity contribution in [2.24, 2.45) is 0 Å². The largest absolute Gasteiger partial charge is 0.454 e. The van der Waals surface area contributed by atoms with E-state index in [4.69, 9.17) is 8.83 Å². The molecular formula is C44H23NO2. The van der Waals surface area contributed by atoms with Crippen molar-refractivity contribution in [3.05, 3.63) is 140 Å². The standard InChI is InChI=1S/C44H23NO2/c1-2-8-28-24(7-1)13-14-26-21-25(15-16-29(26)28)27-22-36-32-17-19-34-30-9-3-5-11-38(30)46-43(34)41(32)45-40(36)37(23-27)33-18-20-35-31-10-4-6-12-39(31)47-44(35)42(33)45/h1-23H. The molecule has 0 aliphatic carbocycles. The summed E-state index contributed by atoms with van der Waals surface area (Å²) in [4.78, 5) is 0. The van der Waals surface area contributed by atoms with Crippen molar-refractivity contribution in [3.63, 3.8) is 0 Å². The Kier molecular flexibility index (Phi) is 4.22. The maximum absolute atomic E-state index is 6.69. The molecule has 0 amide bonds. The van der Waals surface area contributed by atoms with Crippen LogP contribution < -0.4 is 0 Å². The Bertz CT molecular complexity index is 3140. The number of para-hydroxylation sites is 2. The summed E-state index contributed by atoms with van der Waals surface area (Å²) in [5, 5.41) is 14.4. The average Bonchev–Trinajstić information content (AvgIpc) is 3.87. The van der Waals surface area contributed by atoms with E-state index in [0.29, 0.717) is 0 Å². The molecule has 216 valence electrons. The molecule has 12 rings (SSSR count). The number of benzene rings is 8. The zero-order valence-corrected chi connectivity index (χ0v) is 25.0. The van der Waals surface area contributed by atoms with E-state index < -0.39 is 0 Å². The number of hydrogen-bond acceptors (Lipinski definition) is 2. The Hall–Kier alpha value is -6.32. The zero-order valence-electron chi connectivity index (χ0n) is 25.0. The molecule has 0 saturated heterocycles. The Morgan fingerprint density at radius 1 is 0.319 bits per heavy atom. The van der Waals surface area contributed by atoms with Gasteiger partial charge in [0.2, 0.25) is 0 Å². The molecule has 8 aromatic carbocycles. The van der Waals surface area contributed by atoms with E-state index in [2.05, 4.69) is 132 Å². The molecule has 0 bridgehead atoms. The minimum Gasteiger partial charge on any atom is -0.454 e. The van der Waals surface area contributed by atoms with Gasteiger partial charge in [-0.05, 0) is 75.1 Å². The first kappa shape index (κ1) is 24.0. The average molecular weight is 598 g/mol. The van der Waals surface area contributed by atoms with Crippen LogP contribution in [-0.2, 0) is 0 Å². The fraction of sp³-hybridized carbons (Fsp3) is 0. The third kappa shape index (κ3) is 2.93. The molecule has 0 N–H and O–H groups in total. The molecule has 0 unspecified atom stereocenters. The Labute approximate surface area is 266 Å². The van der Waals surface area contributed by atoms with Crippen molar-refractivity contribution in [3.8, 4) is 11.1 Å². The van der Waals surface area contributed by atoms with Crippen LogP contribution >= 0.6 is 0 Å². The van der Waals surface area contributed by atoms with Crippen LogP contribution in [0.15, 0.2) is 148 Å². The quantitative estimate of drug-likeness (QED) is 0.176. The lowest BCUT2D eigenvalue weighted by molar-refractivity contribution is 0.670.